The van der Waals surface area contributed by atoms with Gasteiger partial charge in [-0.2, -0.15) is 0 Å². The van der Waals surface area contributed by atoms with Gasteiger partial charge in [0, 0.05) is 14.2 Å². The largest absolute Gasteiger partial charge is 0.394 e. The second-order valence-electron chi connectivity index (χ2n) is 3.68. The molecule has 0 radical (unpaired) electrons. The van der Waals surface area contributed by atoms with Crippen LogP contribution in [0.2, 0.25) is 0 Å². The Balaban J connectivity index is 0. The van der Waals surface area contributed by atoms with Crippen molar-refractivity contribution in [3.63, 3.8) is 0 Å². The summed E-state index contributed by atoms with van der Waals surface area (Å²) in [6.07, 6.45) is -0.386. The van der Waals surface area contributed by atoms with Crippen LogP contribution in [-0.4, -0.2) is 62.6 Å². The van der Waals surface area contributed by atoms with Gasteiger partial charge in [0.05, 0.1) is 38.1 Å². The van der Waals surface area contributed by atoms with E-state index < -0.39 is 6.10 Å². The van der Waals surface area contributed by atoms with E-state index >= 15 is 0 Å². The van der Waals surface area contributed by atoms with Gasteiger partial charge in [0.25, 0.3) is 0 Å². The molecular formula is C11H26O5. The molecule has 0 fully saturated rings. The van der Waals surface area contributed by atoms with E-state index in [4.69, 9.17) is 24.4 Å². The maximum absolute atomic E-state index is 8.69. The van der Waals surface area contributed by atoms with Crippen molar-refractivity contribution in [3.05, 3.63) is 0 Å². The first-order valence-corrected chi connectivity index (χ1v) is 5.40. The number of hydrogen-bond donors (Lipinski definition) is 2. The minimum Gasteiger partial charge on any atom is -0.394 e. The van der Waals surface area contributed by atoms with E-state index in [2.05, 4.69) is 0 Å². The number of methoxy groups -OCH3 is 2. The van der Waals surface area contributed by atoms with E-state index in [0.29, 0.717) is 13.2 Å². The molecule has 0 aliphatic rings. The Bertz CT molecular complexity index is 130. The van der Waals surface area contributed by atoms with Crippen LogP contribution in [0.5, 0.6) is 0 Å². The van der Waals surface area contributed by atoms with Crippen LogP contribution in [-0.2, 0) is 14.2 Å². The third kappa shape index (κ3) is 16.2. The van der Waals surface area contributed by atoms with Gasteiger partial charge in [-0.3, -0.25) is 0 Å². The summed E-state index contributed by atoms with van der Waals surface area (Å²) in [4.78, 5) is 0. The third-order valence-electron chi connectivity index (χ3n) is 1.68. The highest BCUT2D eigenvalue weighted by molar-refractivity contribution is 4.47. The first-order chi connectivity index (χ1) is 7.47. The van der Waals surface area contributed by atoms with Crippen molar-refractivity contribution < 1.29 is 24.4 Å². The lowest BCUT2D eigenvalue weighted by molar-refractivity contribution is -0.0177. The maximum atomic E-state index is 8.69. The molecule has 2 N–H and O–H groups in total. The Morgan fingerprint density at radius 1 is 1.00 bits per heavy atom. The second-order valence-corrected chi connectivity index (χ2v) is 3.68. The number of aliphatic hydroxyl groups is 2. The number of aliphatic hydroxyl groups excluding tert-OH is 2. The predicted molar refractivity (Wildman–Crippen MR) is 62.5 cm³/mol. The molecule has 5 heteroatoms. The average molecular weight is 238 g/mol. The van der Waals surface area contributed by atoms with Gasteiger partial charge in [0.15, 0.2) is 0 Å². The van der Waals surface area contributed by atoms with E-state index in [1.54, 1.807) is 28.1 Å². The van der Waals surface area contributed by atoms with Gasteiger partial charge in [-0.25, -0.2) is 0 Å². The van der Waals surface area contributed by atoms with Gasteiger partial charge in [-0.1, -0.05) is 0 Å². The molecule has 3 atom stereocenters. The summed E-state index contributed by atoms with van der Waals surface area (Å²) in [5, 5.41) is 17.1. The topological polar surface area (TPSA) is 68.2 Å². The first kappa shape index (κ1) is 18.2. The average Bonchev–Trinajstić information content (AvgIpc) is 2.26. The van der Waals surface area contributed by atoms with Gasteiger partial charge in [0.1, 0.15) is 0 Å². The van der Waals surface area contributed by atoms with Crippen LogP contribution in [0.1, 0.15) is 20.8 Å². The molecule has 100 valence electrons. The molecule has 0 aliphatic heterocycles. The Morgan fingerprint density at radius 2 is 1.56 bits per heavy atom. The fourth-order valence-corrected chi connectivity index (χ4v) is 0.659. The van der Waals surface area contributed by atoms with Crippen molar-refractivity contribution in [2.45, 2.75) is 39.1 Å². The Morgan fingerprint density at radius 3 is 1.81 bits per heavy atom. The molecule has 0 rings (SSSR count). The van der Waals surface area contributed by atoms with Gasteiger partial charge >= 0.3 is 0 Å². The van der Waals surface area contributed by atoms with Gasteiger partial charge in [0.2, 0.25) is 0 Å². The molecule has 0 bridgehead atoms. The van der Waals surface area contributed by atoms with Crippen LogP contribution in [0.25, 0.3) is 0 Å². The van der Waals surface area contributed by atoms with Gasteiger partial charge in [-0.05, 0) is 20.8 Å². The molecule has 0 heterocycles. The lowest BCUT2D eigenvalue weighted by Gasteiger charge is -2.10. The molecular weight excluding hydrogens is 212 g/mol. The molecule has 0 spiro atoms. The normalized spacial score (nSPS) is 15.9. The van der Waals surface area contributed by atoms with Crippen LogP contribution in [0.3, 0.4) is 0 Å². The molecule has 5 nitrogen and oxygen atoms in total. The quantitative estimate of drug-likeness (QED) is 0.673. The van der Waals surface area contributed by atoms with Crippen molar-refractivity contribution in [2.75, 3.05) is 34.0 Å². The smallest absolute Gasteiger partial charge is 0.0779 e. The number of hydrogen-bond acceptors (Lipinski definition) is 5. The summed E-state index contributed by atoms with van der Waals surface area (Å²) in [5.41, 5.74) is 0. The minimum absolute atomic E-state index is 0.00667. The summed E-state index contributed by atoms with van der Waals surface area (Å²) in [6.45, 7) is 6.33. The first-order valence-electron chi connectivity index (χ1n) is 5.40. The Labute approximate surface area is 98.3 Å². The molecule has 0 aromatic heterocycles. The number of rotatable bonds is 7. The Kier molecular flexibility index (Phi) is 14.6. The third-order valence-corrected chi connectivity index (χ3v) is 1.68. The zero-order valence-electron chi connectivity index (χ0n) is 11.0. The summed E-state index contributed by atoms with van der Waals surface area (Å²) >= 11 is 0. The molecule has 0 saturated carbocycles. The Hall–Kier alpha value is -0.200. The maximum Gasteiger partial charge on any atom is 0.0779 e. The van der Waals surface area contributed by atoms with Crippen molar-refractivity contribution in [3.8, 4) is 0 Å². The summed E-state index contributed by atoms with van der Waals surface area (Å²) in [6, 6.07) is 0. The fourth-order valence-electron chi connectivity index (χ4n) is 0.659. The molecule has 0 aliphatic carbocycles. The van der Waals surface area contributed by atoms with Crippen molar-refractivity contribution in [2.24, 2.45) is 0 Å². The lowest BCUT2D eigenvalue weighted by atomic mass is 10.4. The van der Waals surface area contributed by atoms with Crippen LogP contribution in [0.15, 0.2) is 0 Å². The van der Waals surface area contributed by atoms with Crippen LogP contribution < -0.4 is 0 Å². The van der Waals surface area contributed by atoms with Gasteiger partial charge < -0.3 is 24.4 Å². The lowest BCUT2D eigenvalue weighted by Crippen LogP contribution is -2.19. The summed E-state index contributed by atoms with van der Waals surface area (Å²) in [5.74, 6) is 0. The highest BCUT2D eigenvalue weighted by Crippen LogP contribution is 1.90. The monoisotopic (exact) mass is 238 g/mol. The van der Waals surface area contributed by atoms with Crippen molar-refractivity contribution >= 4 is 0 Å². The highest BCUT2D eigenvalue weighted by atomic mass is 16.5. The SMILES string of the molecule is CC(O)COC(C)CO.COCC(C)OC. The van der Waals surface area contributed by atoms with Crippen LogP contribution in [0, 0.1) is 0 Å². The zero-order valence-corrected chi connectivity index (χ0v) is 11.0. The second kappa shape index (κ2) is 12.9. The van der Waals surface area contributed by atoms with Crippen LogP contribution >= 0.6 is 0 Å². The number of ether oxygens (including phenoxy) is 3. The summed E-state index contributed by atoms with van der Waals surface area (Å²) in [7, 11) is 3.33. The highest BCUT2D eigenvalue weighted by Gasteiger charge is 2.00. The minimum atomic E-state index is -0.445. The van der Waals surface area contributed by atoms with E-state index in [9.17, 15) is 0 Å². The van der Waals surface area contributed by atoms with E-state index in [1.165, 1.54) is 0 Å². The molecule has 0 amide bonds. The van der Waals surface area contributed by atoms with Crippen molar-refractivity contribution in [1.82, 2.24) is 0 Å². The predicted octanol–water partition coefficient (Wildman–Crippen LogP) is 0.432. The van der Waals surface area contributed by atoms with E-state index in [-0.39, 0.29) is 18.8 Å². The van der Waals surface area contributed by atoms with Crippen LogP contribution in [0.4, 0.5) is 0 Å². The standard InChI is InChI=1S/C6H14O3.C5H12O2/c1-5(8)4-9-6(2)3-7;1-5(7-3)4-6-2/h5-8H,3-4H2,1-2H3;5H,4H2,1-3H3. The molecule has 0 aromatic rings. The van der Waals surface area contributed by atoms with Gasteiger partial charge in [-0.15, -0.1) is 0 Å². The van der Waals surface area contributed by atoms with E-state index in [1.807, 2.05) is 6.92 Å². The summed E-state index contributed by atoms with van der Waals surface area (Å²) < 4.78 is 14.6. The molecule has 3 unspecified atom stereocenters. The van der Waals surface area contributed by atoms with Crippen molar-refractivity contribution in [1.29, 1.82) is 0 Å². The molecule has 0 saturated heterocycles. The molecule has 0 aromatic carbocycles. The fraction of sp³-hybridized carbons (Fsp3) is 1.00. The van der Waals surface area contributed by atoms with E-state index in [0.717, 1.165) is 0 Å². The zero-order chi connectivity index (χ0) is 13.0. The molecule has 16 heavy (non-hydrogen) atoms.